The summed E-state index contributed by atoms with van der Waals surface area (Å²) >= 11 is 0. The average molecular weight is 321 g/mol. The Morgan fingerprint density at radius 2 is 1.88 bits per heavy atom. The molecule has 0 fully saturated rings. The van der Waals surface area contributed by atoms with E-state index in [1.807, 2.05) is 43.3 Å². The lowest BCUT2D eigenvalue weighted by Crippen LogP contribution is -2.36. The Kier molecular flexibility index (Phi) is 4.65. The first-order chi connectivity index (χ1) is 11.6. The maximum absolute atomic E-state index is 12.6. The van der Waals surface area contributed by atoms with Crippen molar-refractivity contribution < 1.29 is 4.79 Å². The molecule has 0 radical (unpaired) electrons. The van der Waals surface area contributed by atoms with Gasteiger partial charge >= 0.3 is 0 Å². The van der Waals surface area contributed by atoms with Gasteiger partial charge in [-0.3, -0.25) is 19.9 Å². The number of rotatable bonds is 5. The summed E-state index contributed by atoms with van der Waals surface area (Å²) in [6.45, 7) is 2.00. The fraction of sp³-hybridized carbons (Fsp3) is 0.222. The lowest BCUT2D eigenvalue weighted by Gasteiger charge is -2.24. The van der Waals surface area contributed by atoms with Crippen molar-refractivity contribution >= 4 is 5.91 Å². The van der Waals surface area contributed by atoms with Crippen LogP contribution in [0.3, 0.4) is 0 Å². The Morgan fingerprint density at radius 3 is 2.54 bits per heavy atom. The van der Waals surface area contributed by atoms with Crippen LogP contribution in [0.15, 0.2) is 54.9 Å². The van der Waals surface area contributed by atoms with Crippen LogP contribution in [0.25, 0.3) is 11.4 Å². The first-order valence-electron chi connectivity index (χ1n) is 7.79. The molecule has 0 aliphatic rings. The van der Waals surface area contributed by atoms with Gasteiger partial charge in [0.25, 0.3) is 5.91 Å². The predicted octanol–water partition coefficient (Wildman–Crippen LogP) is 2.57. The molecule has 1 N–H and O–H groups in total. The van der Waals surface area contributed by atoms with Gasteiger partial charge in [0.15, 0.2) is 0 Å². The molecule has 0 saturated heterocycles. The molecule has 3 heterocycles. The lowest BCUT2D eigenvalue weighted by molar-refractivity contribution is 0.0737. The largest absolute Gasteiger partial charge is 0.337 e. The Labute approximate surface area is 140 Å². The zero-order chi connectivity index (χ0) is 16.9. The van der Waals surface area contributed by atoms with Crippen molar-refractivity contribution in [2.24, 2.45) is 0 Å². The minimum atomic E-state index is -0.104. The lowest BCUT2D eigenvalue weighted by atomic mass is 10.1. The number of aromatic nitrogens is 4. The van der Waals surface area contributed by atoms with Crippen molar-refractivity contribution in [2.75, 3.05) is 7.05 Å². The van der Waals surface area contributed by atoms with Crippen molar-refractivity contribution in [3.05, 3.63) is 66.2 Å². The van der Waals surface area contributed by atoms with Crippen molar-refractivity contribution in [3.63, 3.8) is 0 Å². The van der Waals surface area contributed by atoms with E-state index < -0.39 is 0 Å². The Bertz CT molecular complexity index is 801. The maximum atomic E-state index is 12.6. The van der Waals surface area contributed by atoms with Crippen LogP contribution in [0.5, 0.6) is 0 Å². The molecule has 3 rings (SSSR count). The molecular weight excluding hydrogens is 302 g/mol. The Morgan fingerprint density at radius 1 is 1.12 bits per heavy atom. The van der Waals surface area contributed by atoms with Crippen LogP contribution in [-0.4, -0.2) is 44.1 Å². The van der Waals surface area contributed by atoms with Gasteiger partial charge in [0.1, 0.15) is 11.4 Å². The van der Waals surface area contributed by atoms with Crippen LogP contribution >= 0.6 is 0 Å². The summed E-state index contributed by atoms with van der Waals surface area (Å²) in [6.07, 6.45) is 4.16. The van der Waals surface area contributed by atoms with Gasteiger partial charge in [-0.2, -0.15) is 5.10 Å². The smallest absolute Gasteiger partial charge is 0.271 e. The molecule has 1 atom stereocenters. The Balaban J connectivity index is 1.71. The number of hydrogen-bond donors (Lipinski definition) is 1. The van der Waals surface area contributed by atoms with Gasteiger partial charge in [-0.1, -0.05) is 12.1 Å². The standard InChI is InChI=1S/C18H19N5O/c1-13(11-14-7-3-5-9-19-14)23(2)18(24)17-12-16(21-22-17)15-8-4-6-10-20-15/h3-10,12-13H,11H2,1-2H3,(H,21,22). The van der Waals surface area contributed by atoms with Gasteiger partial charge < -0.3 is 4.90 Å². The quantitative estimate of drug-likeness (QED) is 0.784. The van der Waals surface area contributed by atoms with E-state index in [0.717, 1.165) is 11.4 Å². The maximum Gasteiger partial charge on any atom is 0.271 e. The van der Waals surface area contributed by atoms with E-state index in [-0.39, 0.29) is 11.9 Å². The van der Waals surface area contributed by atoms with Crippen LogP contribution in [0.4, 0.5) is 0 Å². The Hall–Kier alpha value is -3.02. The summed E-state index contributed by atoms with van der Waals surface area (Å²) in [6, 6.07) is 13.1. The molecule has 0 aromatic carbocycles. The molecule has 0 saturated carbocycles. The van der Waals surface area contributed by atoms with Gasteiger partial charge in [-0.15, -0.1) is 0 Å². The van der Waals surface area contributed by atoms with Crippen LogP contribution in [0, 0.1) is 0 Å². The first-order valence-corrected chi connectivity index (χ1v) is 7.79. The summed E-state index contributed by atoms with van der Waals surface area (Å²) in [5.41, 5.74) is 2.80. The number of carbonyl (C=O) groups is 1. The SMILES string of the molecule is CC(Cc1ccccn1)N(C)C(=O)c1cc(-c2ccccn2)n[nH]1. The second-order valence-electron chi connectivity index (χ2n) is 5.67. The number of carbonyl (C=O) groups excluding carboxylic acids is 1. The highest BCUT2D eigenvalue weighted by atomic mass is 16.2. The van der Waals surface area contributed by atoms with E-state index in [1.165, 1.54) is 0 Å². The molecule has 0 aliphatic heterocycles. The molecule has 1 amide bonds. The van der Waals surface area contributed by atoms with E-state index in [4.69, 9.17) is 0 Å². The number of nitrogens with zero attached hydrogens (tertiary/aromatic N) is 4. The third-order valence-electron chi connectivity index (χ3n) is 3.95. The minimum absolute atomic E-state index is 0.0222. The number of amides is 1. The number of pyridine rings is 2. The van der Waals surface area contributed by atoms with Gasteiger partial charge in [-0.05, 0) is 37.3 Å². The van der Waals surface area contributed by atoms with Crippen LogP contribution in [-0.2, 0) is 6.42 Å². The normalized spacial score (nSPS) is 11.9. The number of H-pyrrole nitrogens is 1. The number of nitrogens with one attached hydrogen (secondary N) is 1. The molecule has 0 spiro atoms. The van der Waals surface area contributed by atoms with E-state index in [9.17, 15) is 4.79 Å². The third-order valence-corrected chi connectivity index (χ3v) is 3.95. The first kappa shape index (κ1) is 15.9. The molecule has 3 aromatic heterocycles. The molecular formula is C18H19N5O. The minimum Gasteiger partial charge on any atom is -0.337 e. The highest BCUT2D eigenvalue weighted by Crippen LogP contribution is 2.16. The summed E-state index contributed by atoms with van der Waals surface area (Å²) in [5, 5.41) is 6.99. The fourth-order valence-corrected chi connectivity index (χ4v) is 2.43. The molecule has 0 bridgehead atoms. The molecule has 6 heteroatoms. The monoisotopic (exact) mass is 321 g/mol. The summed E-state index contributed by atoms with van der Waals surface area (Å²) in [7, 11) is 1.79. The van der Waals surface area contributed by atoms with E-state index in [2.05, 4.69) is 20.2 Å². The fourth-order valence-electron chi connectivity index (χ4n) is 2.43. The van der Waals surface area contributed by atoms with Crippen molar-refractivity contribution in [1.82, 2.24) is 25.1 Å². The van der Waals surface area contributed by atoms with Gasteiger partial charge in [0.05, 0.1) is 5.69 Å². The molecule has 0 aliphatic carbocycles. The average Bonchev–Trinajstić information content (AvgIpc) is 3.12. The van der Waals surface area contributed by atoms with Gasteiger partial charge in [0, 0.05) is 37.6 Å². The zero-order valence-electron chi connectivity index (χ0n) is 13.7. The number of hydrogen-bond acceptors (Lipinski definition) is 4. The number of likely N-dealkylation sites (N-methyl/N-ethyl adjacent to an activating group) is 1. The van der Waals surface area contributed by atoms with Crippen molar-refractivity contribution in [2.45, 2.75) is 19.4 Å². The number of aromatic amines is 1. The van der Waals surface area contributed by atoms with Gasteiger partial charge in [0.2, 0.25) is 0 Å². The van der Waals surface area contributed by atoms with E-state index >= 15 is 0 Å². The van der Waals surface area contributed by atoms with E-state index in [1.54, 1.807) is 30.4 Å². The molecule has 6 nitrogen and oxygen atoms in total. The summed E-state index contributed by atoms with van der Waals surface area (Å²) in [4.78, 5) is 22.9. The third kappa shape index (κ3) is 3.48. The second-order valence-corrected chi connectivity index (χ2v) is 5.67. The van der Waals surface area contributed by atoms with Gasteiger partial charge in [-0.25, -0.2) is 0 Å². The second kappa shape index (κ2) is 7.04. The highest BCUT2D eigenvalue weighted by molar-refractivity contribution is 5.93. The van der Waals surface area contributed by atoms with Crippen molar-refractivity contribution in [3.8, 4) is 11.4 Å². The van der Waals surface area contributed by atoms with E-state index in [0.29, 0.717) is 17.8 Å². The molecule has 122 valence electrons. The van der Waals surface area contributed by atoms with Crippen LogP contribution in [0.2, 0.25) is 0 Å². The zero-order valence-corrected chi connectivity index (χ0v) is 13.7. The topological polar surface area (TPSA) is 74.8 Å². The molecule has 1 unspecified atom stereocenters. The molecule has 24 heavy (non-hydrogen) atoms. The predicted molar refractivity (Wildman–Crippen MR) is 91.3 cm³/mol. The summed E-state index contributed by atoms with van der Waals surface area (Å²) < 4.78 is 0. The highest BCUT2D eigenvalue weighted by Gasteiger charge is 2.20. The van der Waals surface area contributed by atoms with Crippen LogP contribution in [0.1, 0.15) is 23.1 Å². The van der Waals surface area contributed by atoms with Crippen LogP contribution < -0.4 is 0 Å². The summed E-state index contributed by atoms with van der Waals surface area (Å²) in [5.74, 6) is -0.104. The molecule has 3 aromatic rings. The van der Waals surface area contributed by atoms with Crippen molar-refractivity contribution in [1.29, 1.82) is 0 Å².